The summed E-state index contributed by atoms with van der Waals surface area (Å²) in [5, 5.41) is 31.2. The number of rotatable bonds is 0. The zero-order valence-corrected chi connectivity index (χ0v) is 6.77. The molecule has 12 heavy (non-hydrogen) atoms. The predicted octanol–water partition coefficient (Wildman–Crippen LogP) is -2.21. The number of fused-ring (bicyclic) bond motifs is 2. The van der Waals surface area contributed by atoms with Crippen molar-refractivity contribution in [1.82, 2.24) is 5.32 Å². The maximum absolute atomic E-state index is 9.50. The van der Waals surface area contributed by atoms with Crippen molar-refractivity contribution in [2.45, 2.75) is 37.0 Å². The van der Waals surface area contributed by atoms with Crippen molar-refractivity contribution >= 4 is 0 Å². The standard InChI is InChI=1S/C7H13NO4/c1-7-6(11)5(10)4(9)3(8-7)2-12-7/h3-6,8-11H,2H2,1H3/t3-,4+,5-,6-,7+/m0/s1. The van der Waals surface area contributed by atoms with Crippen molar-refractivity contribution in [2.75, 3.05) is 6.61 Å². The first-order chi connectivity index (χ1) is 5.54. The Balaban J connectivity index is 2.25. The van der Waals surface area contributed by atoms with E-state index in [1.165, 1.54) is 0 Å². The van der Waals surface area contributed by atoms with Gasteiger partial charge in [0.25, 0.3) is 0 Å². The Bertz CT molecular complexity index is 200. The second kappa shape index (κ2) is 2.40. The second-order valence-corrected chi connectivity index (χ2v) is 3.59. The molecule has 5 atom stereocenters. The van der Waals surface area contributed by atoms with E-state index in [-0.39, 0.29) is 6.04 Å². The van der Waals surface area contributed by atoms with Gasteiger partial charge in [0.1, 0.15) is 24.0 Å². The molecule has 0 aliphatic carbocycles. The van der Waals surface area contributed by atoms with Gasteiger partial charge in [0, 0.05) is 0 Å². The molecule has 2 aliphatic heterocycles. The van der Waals surface area contributed by atoms with Gasteiger partial charge in [0.15, 0.2) is 0 Å². The first-order valence-corrected chi connectivity index (χ1v) is 4.00. The summed E-state index contributed by atoms with van der Waals surface area (Å²) in [6, 6.07) is -0.270. The van der Waals surface area contributed by atoms with Crippen molar-refractivity contribution in [3.8, 4) is 0 Å². The molecule has 2 aliphatic rings. The van der Waals surface area contributed by atoms with Crippen molar-refractivity contribution < 1.29 is 20.1 Å². The molecule has 0 spiro atoms. The van der Waals surface area contributed by atoms with Crippen LogP contribution in [0.5, 0.6) is 0 Å². The minimum atomic E-state index is -1.12. The highest BCUT2D eigenvalue weighted by molar-refractivity contribution is 5.05. The first kappa shape index (κ1) is 8.40. The molecule has 2 saturated heterocycles. The van der Waals surface area contributed by atoms with E-state index in [2.05, 4.69) is 5.32 Å². The molecule has 0 aromatic rings. The Morgan fingerprint density at radius 3 is 2.67 bits per heavy atom. The predicted molar refractivity (Wildman–Crippen MR) is 39.3 cm³/mol. The lowest BCUT2D eigenvalue weighted by Crippen LogP contribution is -2.66. The number of nitrogens with one attached hydrogen (secondary N) is 1. The summed E-state index contributed by atoms with van der Waals surface area (Å²) in [7, 11) is 0. The van der Waals surface area contributed by atoms with Gasteiger partial charge in [-0.25, -0.2) is 0 Å². The largest absolute Gasteiger partial charge is 0.389 e. The normalized spacial score (nSPS) is 59.0. The van der Waals surface area contributed by atoms with E-state index in [0.717, 1.165) is 0 Å². The van der Waals surface area contributed by atoms with Crippen LogP contribution in [0.25, 0.3) is 0 Å². The van der Waals surface area contributed by atoms with E-state index in [9.17, 15) is 15.3 Å². The van der Waals surface area contributed by atoms with Gasteiger partial charge in [-0.2, -0.15) is 0 Å². The van der Waals surface area contributed by atoms with E-state index in [4.69, 9.17) is 4.74 Å². The van der Waals surface area contributed by atoms with Crippen molar-refractivity contribution in [3.63, 3.8) is 0 Å². The smallest absolute Gasteiger partial charge is 0.145 e. The Kier molecular flexibility index (Phi) is 1.68. The lowest BCUT2D eigenvalue weighted by atomic mass is 9.91. The van der Waals surface area contributed by atoms with Crippen LogP contribution in [0.3, 0.4) is 0 Å². The SMILES string of the molecule is C[C@@]12N[C@@H](CO1)[C@@H](O)[C@H](O)[C@@H]2O. The molecule has 70 valence electrons. The molecule has 2 fully saturated rings. The average molecular weight is 175 g/mol. The molecule has 2 heterocycles. The van der Waals surface area contributed by atoms with Crippen LogP contribution < -0.4 is 5.32 Å². The molecular weight excluding hydrogens is 162 g/mol. The third-order valence-electron chi connectivity index (χ3n) is 2.68. The van der Waals surface area contributed by atoms with Gasteiger partial charge < -0.3 is 20.1 Å². The van der Waals surface area contributed by atoms with Gasteiger partial charge in [0.2, 0.25) is 0 Å². The van der Waals surface area contributed by atoms with Gasteiger partial charge in [-0.15, -0.1) is 0 Å². The van der Waals surface area contributed by atoms with Gasteiger partial charge in [0.05, 0.1) is 12.6 Å². The molecule has 4 N–H and O–H groups in total. The monoisotopic (exact) mass is 175 g/mol. The fourth-order valence-corrected chi connectivity index (χ4v) is 1.82. The third kappa shape index (κ3) is 0.915. The van der Waals surface area contributed by atoms with Crippen LogP contribution in [0.1, 0.15) is 6.92 Å². The molecule has 5 nitrogen and oxygen atoms in total. The molecule has 0 radical (unpaired) electrons. The summed E-state index contributed by atoms with van der Waals surface area (Å²) < 4.78 is 5.24. The molecule has 0 amide bonds. The Morgan fingerprint density at radius 1 is 1.33 bits per heavy atom. The summed E-state index contributed by atoms with van der Waals surface area (Å²) in [6.07, 6.45) is -3.15. The number of aliphatic hydroxyl groups excluding tert-OH is 3. The minimum absolute atomic E-state index is 0.270. The topological polar surface area (TPSA) is 82.0 Å². The highest BCUT2D eigenvalue weighted by atomic mass is 16.5. The highest BCUT2D eigenvalue weighted by Gasteiger charge is 2.54. The fraction of sp³-hybridized carbons (Fsp3) is 1.00. The number of hydrogen-bond donors (Lipinski definition) is 4. The molecular formula is C7H13NO4. The van der Waals surface area contributed by atoms with E-state index in [0.29, 0.717) is 6.61 Å². The van der Waals surface area contributed by atoms with E-state index < -0.39 is 24.0 Å². The Labute approximate surface area is 70.0 Å². The van der Waals surface area contributed by atoms with Crippen LogP contribution in [0.2, 0.25) is 0 Å². The van der Waals surface area contributed by atoms with Gasteiger partial charge >= 0.3 is 0 Å². The van der Waals surface area contributed by atoms with Crippen LogP contribution in [0.15, 0.2) is 0 Å². The highest BCUT2D eigenvalue weighted by Crippen LogP contribution is 2.30. The summed E-state index contributed by atoms with van der Waals surface area (Å²) in [5.74, 6) is 0. The molecule has 0 unspecified atom stereocenters. The van der Waals surface area contributed by atoms with Crippen molar-refractivity contribution in [3.05, 3.63) is 0 Å². The number of ether oxygens (including phenoxy) is 1. The van der Waals surface area contributed by atoms with Gasteiger partial charge in [-0.05, 0) is 6.92 Å². The molecule has 5 heteroatoms. The zero-order valence-electron chi connectivity index (χ0n) is 6.77. The number of piperidine rings is 1. The summed E-state index contributed by atoms with van der Waals surface area (Å²) >= 11 is 0. The van der Waals surface area contributed by atoms with Crippen LogP contribution in [-0.2, 0) is 4.74 Å². The maximum Gasteiger partial charge on any atom is 0.145 e. The molecule has 2 rings (SSSR count). The minimum Gasteiger partial charge on any atom is -0.389 e. The van der Waals surface area contributed by atoms with Crippen LogP contribution in [0, 0.1) is 0 Å². The van der Waals surface area contributed by atoms with Crippen molar-refractivity contribution in [2.24, 2.45) is 0 Å². The third-order valence-corrected chi connectivity index (χ3v) is 2.68. The summed E-state index contributed by atoms with van der Waals surface area (Å²) in [5.41, 5.74) is -0.899. The van der Waals surface area contributed by atoms with Crippen molar-refractivity contribution in [1.29, 1.82) is 0 Å². The maximum atomic E-state index is 9.50. The Morgan fingerprint density at radius 2 is 2.00 bits per heavy atom. The lowest BCUT2D eigenvalue weighted by molar-refractivity contribution is -0.167. The molecule has 0 aromatic heterocycles. The molecule has 2 bridgehead atoms. The van der Waals surface area contributed by atoms with E-state index in [1.807, 2.05) is 0 Å². The van der Waals surface area contributed by atoms with E-state index in [1.54, 1.807) is 6.92 Å². The van der Waals surface area contributed by atoms with Crippen LogP contribution in [0.4, 0.5) is 0 Å². The molecule has 0 aromatic carbocycles. The second-order valence-electron chi connectivity index (χ2n) is 3.59. The van der Waals surface area contributed by atoms with Gasteiger partial charge in [-0.1, -0.05) is 0 Å². The molecule has 0 saturated carbocycles. The van der Waals surface area contributed by atoms with Gasteiger partial charge in [-0.3, -0.25) is 5.32 Å². The number of hydrogen-bond acceptors (Lipinski definition) is 5. The quantitative estimate of drug-likeness (QED) is 0.335. The zero-order chi connectivity index (χ0) is 8.93. The summed E-state index contributed by atoms with van der Waals surface area (Å²) in [6.45, 7) is 1.98. The first-order valence-electron chi connectivity index (χ1n) is 4.00. The Hall–Kier alpha value is -0.200. The fourth-order valence-electron chi connectivity index (χ4n) is 1.82. The van der Waals surface area contributed by atoms with E-state index >= 15 is 0 Å². The summed E-state index contributed by atoms with van der Waals surface area (Å²) in [4.78, 5) is 0. The van der Waals surface area contributed by atoms with Crippen LogP contribution >= 0.6 is 0 Å². The lowest BCUT2D eigenvalue weighted by Gasteiger charge is -2.39. The van der Waals surface area contributed by atoms with Crippen LogP contribution in [-0.4, -0.2) is 52.0 Å². The average Bonchev–Trinajstić information content (AvgIpc) is 2.41. The number of aliphatic hydroxyl groups is 3.